The van der Waals surface area contributed by atoms with Gasteiger partial charge in [-0.05, 0) is 18.6 Å². The van der Waals surface area contributed by atoms with Crippen LogP contribution in [0.3, 0.4) is 0 Å². The standard InChI is InChI=1S/C14H15F3N2O/c1-2-19-9-18-8-12(19)13(20)7-10-4-3-5-11(6-10)14(15,16)17/h3-6,8-9,13,20H,2,7H2,1H3. The number of nitrogens with zero attached hydrogens (tertiary/aromatic N) is 2. The number of alkyl halides is 3. The Morgan fingerprint density at radius 2 is 2.10 bits per heavy atom. The van der Waals surface area contributed by atoms with Crippen molar-refractivity contribution in [1.82, 2.24) is 9.55 Å². The van der Waals surface area contributed by atoms with Crippen molar-refractivity contribution in [2.45, 2.75) is 32.2 Å². The molecule has 1 heterocycles. The van der Waals surface area contributed by atoms with Crippen LogP contribution in [0.4, 0.5) is 13.2 Å². The van der Waals surface area contributed by atoms with Gasteiger partial charge in [-0.3, -0.25) is 0 Å². The lowest BCUT2D eigenvalue weighted by atomic mass is 10.0. The molecule has 0 aliphatic carbocycles. The smallest absolute Gasteiger partial charge is 0.386 e. The fourth-order valence-electron chi connectivity index (χ4n) is 2.08. The molecule has 108 valence electrons. The molecule has 1 aromatic heterocycles. The van der Waals surface area contributed by atoms with Crippen LogP contribution in [-0.2, 0) is 19.1 Å². The Labute approximate surface area is 114 Å². The van der Waals surface area contributed by atoms with Gasteiger partial charge in [0.25, 0.3) is 0 Å². The average Bonchev–Trinajstić information content (AvgIpc) is 2.86. The van der Waals surface area contributed by atoms with E-state index in [1.165, 1.54) is 12.3 Å². The number of hydrogen-bond donors (Lipinski definition) is 1. The Kier molecular flexibility index (Phi) is 4.13. The summed E-state index contributed by atoms with van der Waals surface area (Å²) < 4.78 is 39.6. The molecule has 20 heavy (non-hydrogen) atoms. The van der Waals surface area contributed by atoms with Gasteiger partial charge in [0.05, 0.1) is 29.9 Å². The van der Waals surface area contributed by atoms with Gasteiger partial charge in [0, 0.05) is 13.0 Å². The number of benzene rings is 1. The fraction of sp³-hybridized carbons (Fsp3) is 0.357. The third-order valence-corrected chi connectivity index (χ3v) is 3.11. The predicted octanol–water partition coefficient (Wildman–Crippen LogP) is 3.20. The first kappa shape index (κ1) is 14.6. The normalized spacial score (nSPS) is 13.4. The largest absolute Gasteiger partial charge is 0.416 e. The summed E-state index contributed by atoms with van der Waals surface area (Å²) in [4.78, 5) is 3.94. The van der Waals surface area contributed by atoms with Gasteiger partial charge in [0.15, 0.2) is 0 Å². The van der Waals surface area contributed by atoms with E-state index in [4.69, 9.17) is 0 Å². The minimum atomic E-state index is -4.37. The summed E-state index contributed by atoms with van der Waals surface area (Å²) >= 11 is 0. The molecule has 3 nitrogen and oxygen atoms in total. The molecular weight excluding hydrogens is 269 g/mol. The van der Waals surface area contributed by atoms with Crippen molar-refractivity contribution in [1.29, 1.82) is 0 Å². The van der Waals surface area contributed by atoms with E-state index in [1.807, 2.05) is 6.92 Å². The number of hydrogen-bond acceptors (Lipinski definition) is 2. The maximum Gasteiger partial charge on any atom is 0.416 e. The molecule has 0 radical (unpaired) electrons. The molecule has 1 aromatic carbocycles. The maximum atomic E-state index is 12.6. The lowest BCUT2D eigenvalue weighted by molar-refractivity contribution is -0.137. The highest BCUT2D eigenvalue weighted by atomic mass is 19.4. The van der Waals surface area contributed by atoms with E-state index >= 15 is 0 Å². The van der Waals surface area contributed by atoms with Gasteiger partial charge in [-0.25, -0.2) is 4.98 Å². The zero-order chi connectivity index (χ0) is 14.8. The molecule has 0 aliphatic rings. The van der Waals surface area contributed by atoms with Crippen LogP contribution in [0.15, 0.2) is 36.8 Å². The summed E-state index contributed by atoms with van der Waals surface area (Å²) in [5.74, 6) is 0. The van der Waals surface area contributed by atoms with Crippen LogP contribution in [0.5, 0.6) is 0 Å². The van der Waals surface area contributed by atoms with Crippen molar-refractivity contribution in [3.05, 3.63) is 53.6 Å². The molecular formula is C14H15F3N2O. The summed E-state index contributed by atoms with van der Waals surface area (Å²) in [5, 5.41) is 10.1. The van der Waals surface area contributed by atoms with Crippen LogP contribution in [0, 0.1) is 0 Å². The van der Waals surface area contributed by atoms with Gasteiger partial charge >= 0.3 is 6.18 Å². The van der Waals surface area contributed by atoms with Crippen molar-refractivity contribution in [2.24, 2.45) is 0 Å². The number of aromatic nitrogens is 2. The fourth-order valence-corrected chi connectivity index (χ4v) is 2.08. The van der Waals surface area contributed by atoms with Crippen molar-refractivity contribution < 1.29 is 18.3 Å². The topological polar surface area (TPSA) is 38.0 Å². The molecule has 0 fully saturated rings. The van der Waals surface area contributed by atoms with E-state index in [1.54, 1.807) is 17.0 Å². The Bertz CT molecular complexity index is 578. The number of rotatable bonds is 4. The second-order valence-corrected chi connectivity index (χ2v) is 4.52. The molecule has 1 N–H and O–H groups in total. The zero-order valence-electron chi connectivity index (χ0n) is 10.9. The quantitative estimate of drug-likeness (QED) is 0.936. The lowest BCUT2D eigenvalue weighted by Crippen LogP contribution is -2.10. The second kappa shape index (κ2) is 5.66. The molecule has 0 bridgehead atoms. The molecule has 0 spiro atoms. The summed E-state index contributed by atoms with van der Waals surface area (Å²) in [6.07, 6.45) is -2.00. The van der Waals surface area contributed by atoms with Crippen LogP contribution in [-0.4, -0.2) is 14.7 Å². The molecule has 0 saturated heterocycles. The minimum Gasteiger partial charge on any atom is -0.386 e. The van der Waals surface area contributed by atoms with Gasteiger partial charge < -0.3 is 9.67 Å². The van der Waals surface area contributed by atoms with Gasteiger partial charge in [-0.2, -0.15) is 13.2 Å². The highest BCUT2D eigenvalue weighted by Crippen LogP contribution is 2.30. The molecule has 2 rings (SSSR count). The van der Waals surface area contributed by atoms with E-state index < -0.39 is 17.8 Å². The Balaban J connectivity index is 2.18. The third kappa shape index (κ3) is 3.19. The monoisotopic (exact) mass is 284 g/mol. The van der Waals surface area contributed by atoms with E-state index in [0.29, 0.717) is 17.8 Å². The molecule has 1 atom stereocenters. The van der Waals surface area contributed by atoms with E-state index in [2.05, 4.69) is 4.98 Å². The summed E-state index contributed by atoms with van der Waals surface area (Å²) in [6, 6.07) is 5.01. The number of aliphatic hydroxyl groups is 1. The Morgan fingerprint density at radius 3 is 2.75 bits per heavy atom. The van der Waals surface area contributed by atoms with E-state index in [-0.39, 0.29) is 6.42 Å². The van der Waals surface area contributed by atoms with Gasteiger partial charge in [0.1, 0.15) is 0 Å². The second-order valence-electron chi connectivity index (χ2n) is 4.52. The van der Waals surface area contributed by atoms with Crippen molar-refractivity contribution >= 4 is 0 Å². The predicted molar refractivity (Wildman–Crippen MR) is 68.0 cm³/mol. The lowest BCUT2D eigenvalue weighted by Gasteiger charge is -2.14. The van der Waals surface area contributed by atoms with Crippen LogP contribution >= 0.6 is 0 Å². The van der Waals surface area contributed by atoms with Gasteiger partial charge in [-0.1, -0.05) is 18.2 Å². The first-order valence-corrected chi connectivity index (χ1v) is 6.26. The molecule has 0 aliphatic heterocycles. The molecule has 0 amide bonds. The van der Waals surface area contributed by atoms with Crippen LogP contribution < -0.4 is 0 Å². The number of halogens is 3. The minimum absolute atomic E-state index is 0.121. The molecule has 6 heteroatoms. The van der Waals surface area contributed by atoms with E-state index in [0.717, 1.165) is 12.1 Å². The van der Waals surface area contributed by atoms with Crippen LogP contribution in [0.1, 0.15) is 29.8 Å². The number of imidazole rings is 1. The summed E-state index contributed by atoms with van der Waals surface area (Å²) in [7, 11) is 0. The van der Waals surface area contributed by atoms with Crippen LogP contribution in [0.25, 0.3) is 0 Å². The summed E-state index contributed by atoms with van der Waals surface area (Å²) in [5.41, 5.74) is 0.340. The SMILES string of the molecule is CCn1cncc1C(O)Cc1cccc(C(F)(F)F)c1. The highest BCUT2D eigenvalue weighted by molar-refractivity contribution is 5.26. The van der Waals surface area contributed by atoms with Crippen molar-refractivity contribution in [2.75, 3.05) is 0 Å². The molecule has 0 saturated carbocycles. The Morgan fingerprint density at radius 1 is 1.35 bits per heavy atom. The van der Waals surface area contributed by atoms with Gasteiger partial charge in [0.2, 0.25) is 0 Å². The van der Waals surface area contributed by atoms with Crippen molar-refractivity contribution in [3.8, 4) is 0 Å². The average molecular weight is 284 g/mol. The first-order valence-electron chi connectivity index (χ1n) is 6.26. The third-order valence-electron chi connectivity index (χ3n) is 3.11. The summed E-state index contributed by atoms with van der Waals surface area (Å²) in [6.45, 7) is 2.55. The number of aryl methyl sites for hydroxylation is 1. The van der Waals surface area contributed by atoms with E-state index in [9.17, 15) is 18.3 Å². The maximum absolute atomic E-state index is 12.6. The number of aliphatic hydroxyl groups excluding tert-OH is 1. The van der Waals surface area contributed by atoms with Crippen LogP contribution in [0.2, 0.25) is 0 Å². The first-order chi connectivity index (χ1) is 9.41. The highest BCUT2D eigenvalue weighted by Gasteiger charge is 2.30. The van der Waals surface area contributed by atoms with Crippen molar-refractivity contribution in [3.63, 3.8) is 0 Å². The zero-order valence-corrected chi connectivity index (χ0v) is 10.9. The Hall–Kier alpha value is -1.82. The van der Waals surface area contributed by atoms with Gasteiger partial charge in [-0.15, -0.1) is 0 Å². The molecule has 1 unspecified atom stereocenters. The molecule has 2 aromatic rings.